The van der Waals surface area contributed by atoms with Gasteiger partial charge in [-0.1, -0.05) is 13.8 Å². The van der Waals surface area contributed by atoms with Crippen molar-refractivity contribution in [2.75, 3.05) is 13.1 Å². The van der Waals surface area contributed by atoms with Gasteiger partial charge in [-0.25, -0.2) is 0 Å². The molecular weight excluding hydrogens is 202 g/mol. The summed E-state index contributed by atoms with van der Waals surface area (Å²) in [7, 11) is 0. The highest BCUT2D eigenvalue weighted by molar-refractivity contribution is 5.82. The predicted molar refractivity (Wildman–Crippen MR) is 62.3 cm³/mol. The third-order valence-corrected chi connectivity index (χ3v) is 3.42. The third kappa shape index (κ3) is 3.21. The Bertz CT molecular complexity index is 274. The smallest absolute Gasteiger partial charge is 0.240 e. The summed E-state index contributed by atoms with van der Waals surface area (Å²) in [5.74, 6) is 1.34. The van der Waals surface area contributed by atoms with E-state index in [0.29, 0.717) is 5.92 Å². The van der Waals surface area contributed by atoms with Crippen LogP contribution in [-0.2, 0) is 4.79 Å². The van der Waals surface area contributed by atoms with Crippen molar-refractivity contribution in [3.63, 3.8) is 0 Å². The second-order valence-corrected chi connectivity index (χ2v) is 4.88. The van der Waals surface area contributed by atoms with Gasteiger partial charge in [-0.05, 0) is 24.7 Å². The van der Waals surface area contributed by atoms with Crippen molar-refractivity contribution in [1.82, 2.24) is 4.90 Å². The van der Waals surface area contributed by atoms with E-state index in [4.69, 9.17) is 11.0 Å². The largest absolute Gasteiger partial charge is 0.341 e. The van der Waals surface area contributed by atoms with E-state index in [9.17, 15) is 4.79 Å². The van der Waals surface area contributed by atoms with Crippen LogP contribution in [0.5, 0.6) is 0 Å². The van der Waals surface area contributed by atoms with E-state index in [-0.39, 0.29) is 12.3 Å². The Labute approximate surface area is 97.4 Å². The molecular formula is C12H21N3O. The van der Waals surface area contributed by atoms with Crippen LogP contribution in [0.15, 0.2) is 0 Å². The van der Waals surface area contributed by atoms with E-state index in [1.165, 1.54) is 0 Å². The van der Waals surface area contributed by atoms with Crippen molar-refractivity contribution in [1.29, 1.82) is 5.26 Å². The zero-order valence-corrected chi connectivity index (χ0v) is 10.1. The number of carbonyl (C=O) groups excluding carboxylic acids is 1. The van der Waals surface area contributed by atoms with Crippen LogP contribution in [-0.4, -0.2) is 29.9 Å². The number of piperidine rings is 1. The normalized spacial score (nSPS) is 19.6. The van der Waals surface area contributed by atoms with Crippen LogP contribution in [0.2, 0.25) is 0 Å². The average Bonchev–Trinajstić information content (AvgIpc) is 2.28. The van der Waals surface area contributed by atoms with Gasteiger partial charge < -0.3 is 10.6 Å². The number of likely N-dealkylation sites (tertiary alicyclic amines) is 1. The number of nitrogens with zero attached hydrogens (tertiary/aromatic N) is 2. The number of hydrogen-bond donors (Lipinski definition) is 1. The van der Waals surface area contributed by atoms with E-state index < -0.39 is 6.04 Å². The fourth-order valence-electron chi connectivity index (χ4n) is 2.21. The van der Waals surface area contributed by atoms with E-state index in [1.807, 2.05) is 6.07 Å². The molecule has 0 aliphatic carbocycles. The van der Waals surface area contributed by atoms with Crippen LogP contribution in [0.3, 0.4) is 0 Å². The molecule has 1 aliphatic rings. The van der Waals surface area contributed by atoms with E-state index in [2.05, 4.69) is 13.8 Å². The van der Waals surface area contributed by atoms with Crippen LogP contribution in [0.4, 0.5) is 0 Å². The molecule has 0 aromatic rings. The molecule has 1 atom stereocenters. The molecule has 0 radical (unpaired) electrons. The van der Waals surface area contributed by atoms with E-state index >= 15 is 0 Å². The molecule has 1 aliphatic heterocycles. The van der Waals surface area contributed by atoms with Gasteiger partial charge in [0, 0.05) is 13.1 Å². The Kier molecular flexibility index (Phi) is 4.75. The van der Waals surface area contributed by atoms with Gasteiger partial charge in [0.15, 0.2) is 0 Å². The lowest BCUT2D eigenvalue weighted by Crippen LogP contribution is -2.47. The molecule has 16 heavy (non-hydrogen) atoms. The molecule has 0 unspecified atom stereocenters. The number of carbonyl (C=O) groups is 1. The molecule has 90 valence electrons. The molecule has 1 rings (SSSR count). The highest BCUT2D eigenvalue weighted by Gasteiger charge is 2.27. The zero-order chi connectivity index (χ0) is 12.1. The highest BCUT2D eigenvalue weighted by atomic mass is 16.2. The Morgan fingerprint density at radius 3 is 2.50 bits per heavy atom. The number of nitrogens with two attached hydrogens (primary N) is 1. The first-order valence-corrected chi connectivity index (χ1v) is 5.97. The first-order valence-electron chi connectivity index (χ1n) is 5.97. The summed E-state index contributed by atoms with van der Waals surface area (Å²) < 4.78 is 0. The number of hydrogen-bond acceptors (Lipinski definition) is 3. The van der Waals surface area contributed by atoms with Gasteiger partial charge in [0.2, 0.25) is 5.91 Å². The minimum atomic E-state index is -0.638. The van der Waals surface area contributed by atoms with Crippen molar-refractivity contribution >= 4 is 5.91 Å². The minimum absolute atomic E-state index is 0.0660. The quantitative estimate of drug-likeness (QED) is 0.779. The van der Waals surface area contributed by atoms with Gasteiger partial charge in [-0.2, -0.15) is 5.26 Å². The van der Waals surface area contributed by atoms with E-state index in [0.717, 1.165) is 31.8 Å². The van der Waals surface area contributed by atoms with Crippen molar-refractivity contribution in [2.24, 2.45) is 17.6 Å². The van der Waals surface area contributed by atoms with Gasteiger partial charge in [0.05, 0.1) is 18.5 Å². The summed E-state index contributed by atoms with van der Waals surface area (Å²) in [5, 5.41) is 8.50. The van der Waals surface area contributed by atoms with Crippen molar-refractivity contribution in [3.05, 3.63) is 0 Å². The molecule has 0 spiro atoms. The van der Waals surface area contributed by atoms with Crippen LogP contribution in [0.25, 0.3) is 0 Å². The maximum Gasteiger partial charge on any atom is 0.240 e. The topological polar surface area (TPSA) is 70.1 Å². The molecule has 4 nitrogen and oxygen atoms in total. The molecule has 1 fully saturated rings. The number of rotatable bonds is 3. The lowest BCUT2D eigenvalue weighted by Gasteiger charge is -2.34. The standard InChI is InChI=1S/C12H21N3O/c1-9(2)10-4-7-15(8-5-10)12(16)11(14)3-6-13/h9-11H,3-5,7-8,14H2,1-2H3/t11-/m1/s1. The molecule has 4 heteroatoms. The minimum Gasteiger partial charge on any atom is -0.341 e. The second kappa shape index (κ2) is 5.86. The Hall–Kier alpha value is -1.08. The maximum absolute atomic E-state index is 11.8. The van der Waals surface area contributed by atoms with Gasteiger partial charge in [0.25, 0.3) is 0 Å². The molecule has 1 amide bonds. The van der Waals surface area contributed by atoms with Crippen LogP contribution >= 0.6 is 0 Å². The summed E-state index contributed by atoms with van der Waals surface area (Å²) in [6.45, 7) is 6.04. The van der Waals surface area contributed by atoms with Crippen LogP contribution in [0, 0.1) is 23.2 Å². The lowest BCUT2D eigenvalue weighted by molar-refractivity contribution is -0.134. The van der Waals surface area contributed by atoms with Crippen molar-refractivity contribution in [2.45, 2.75) is 39.2 Å². The molecule has 0 bridgehead atoms. The Balaban J connectivity index is 2.42. The average molecular weight is 223 g/mol. The Morgan fingerprint density at radius 1 is 1.50 bits per heavy atom. The van der Waals surface area contributed by atoms with E-state index in [1.54, 1.807) is 4.90 Å². The highest BCUT2D eigenvalue weighted by Crippen LogP contribution is 2.24. The fourth-order valence-corrected chi connectivity index (χ4v) is 2.21. The summed E-state index contributed by atoms with van der Waals surface area (Å²) in [4.78, 5) is 13.6. The zero-order valence-electron chi connectivity index (χ0n) is 10.1. The van der Waals surface area contributed by atoms with Gasteiger partial charge in [-0.15, -0.1) is 0 Å². The molecule has 2 N–H and O–H groups in total. The SMILES string of the molecule is CC(C)C1CCN(C(=O)[C@H](N)CC#N)CC1. The lowest BCUT2D eigenvalue weighted by atomic mass is 9.86. The van der Waals surface area contributed by atoms with Gasteiger partial charge >= 0.3 is 0 Å². The monoisotopic (exact) mass is 223 g/mol. The van der Waals surface area contributed by atoms with Crippen molar-refractivity contribution in [3.8, 4) is 6.07 Å². The number of nitriles is 1. The third-order valence-electron chi connectivity index (χ3n) is 3.42. The summed E-state index contributed by atoms with van der Waals surface area (Å²) in [6, 6.07) is 1.30. The van der Waals surface area contributed by atoms with Gasteiger partial charge in [-0.3, -0.25) is 4.79 Å². The number of amides is 1. The first-order chi connectivity index (χ1) is 7.56. The molecule has 0 saturated carbocycles. The summed E-state index contributed by atoms with van der Waals surface area (Å²) in [6.07, 6.45) is 2.23. The second-order valence-electron chi connectivity index (χ2n) is 4.88. The van der Waals surface area contributed by atoms with Crippen molar-refractivity contribution < 1.29 is 4.79 Å². The maximum atomic E-state index is 11.8. The van der Waals surface area contributed by atoms with Crippen LogP contribution in [0.1, 0.15) is 33.1 Å². The first kappa shape index (κ1) is 13.0. The molecule has 1 saturated heterocycles. The fraction of sp³-hybridized carbons (Fsp3) is 0.833. The Morgan fingerprint density at radius 2 is 2.06 bits per heavy atom. The molecule has 1 heterocycles. The summed E-state index contributed by atoms with van der Waals surface area (Å²) >= 11 is 0. The summed E-state index contributed by atoms with van der Waals surface area (Å²) in [5.41, 5.74) is 5.64. The molecule has 0 aromatic carbocycles. The van der Waals surface area contributed by atoms with Gasteiger partial charge in [0.1, 0.15) is 0 Å². The predicted octanol–water partition coefficient (Wildman–Crippen LogP) is 1.12. The van der Waals surface area contributed by atoms with Crippen LogP contribution < -0.4 is 5.73 Å². The molecule has 0 aromatic heterocycles.